The van der Waals surface area contributed by atoms with E-state index in [0.29, 0.717) is 11.8 Å². The number of carbonyl (C=O) groups is 1. The van der Waals surface area contributed by atoms with E-state index in [1.165, 1.54) is 0 Å². The van der Waals surface area contributed by atoms with E-state index >= 15 is 0 Å². The molecule has 0 heterocycles. The van der Waals surface area contributed by atoms with Gasteiger partial charge in [0, 0.05) is 5.69 Å². The number of nitrogens with one attached hydrogen (secondary N) is 2. The van der Waals surface area contributed by atoms with Gasteiger partial charge in [0.05, 0.1) is 17.0 Å². The van der Waals surface area contributed by atoms with Crippen molar-refractivity contribution in [2.24, 2.45) is 0 Å². The molecule has 0 aliphatic heterocycles. The molecule has 2 aromatic rings. The molecule has 2 aromatic carbocycles. The maximum atomic E-state index is 12.7. The first-order valence-corrected chi connectivity index (χ1v) is 9.16. The number of hydrogen-bond acceptors (Lipinski definition) is 3. The fourth-order valence-corrected chi connectivity index (χ4v) is 3.14. The molecule has 0 saturated carbocycles. The van der Waals surface area contributed by atoms with Crippen molar-refractivity contribution in [1.29, 1.82) is 0 Å². The molecule has 0 aliphatic rings. The molecule has 26 heavy (non-hydrogen) atoms. The van der Waals surface area contributed by atoms with Crippen LogP contribution < -0.4 is 10.0 Å². The van der Waals surface area contributed by atoms with Crippen molar-refractivity contribution in [3.8, 4) is 0 Å². The lowest BCUT2D eigenvalue weighted by atomic mass is 10.1. The van der Waals surface area contributed by atoms with E-state index in [0.717, 1.165) is 30.2 Å². The highest BCUT2D eigenvalue weighted by Crippen LogP contribution is 2.30. The van der Waals surface area contributed by atoms with Gasteiger partial charge >= 0.3 is 6.18 Å². The third-order valence-electron chi connectivity index (χ3n) is 3.54. The number of halogens is 3. The second-order valence-electron chi connectivity index (χ2n) is 5.45. The van der Waals surface area contributed by atoms with Crippen molar-refractivity contribution >= 4 is 21.6 Å². The Morgan fingerprint density at radius 2 is 1.73 bits per heavy atom. The van der Waals surface area contributed by atoms with Crippen LogP contribution in [0.4, 0.5) is 18.9 Å². The molecule has 0 aliphatic carbocycles. The zero-order valence-electron chi connectivity index (χ0n) is 13.8. The van der Waals surface area contributed by atoms with E-state index in [-0.39, 0.29) is 0 Å². The minimum absolute atomic E-state index is 0.491. The molecule has 0 aromatic heterocycles. The van der Waals surface area contributed by atoms with Crippen LogP contribution in [0.3, 0.4) is 0 Å². The third kappa shape index (κ3) is 5.30. The minimum Gasteiger partial charge on any atom is -0.325 e. The molecule has 2 N–H and O–H groups in total. The summed E-state index contributed by atoms with van der Waals surface area (Å²) in [6.07, 6.45) is -3.82. The predicted molar refractivity (Wildman–Crippen MR) is 91.1 cm³/mol. The molecule has 1 amide bonds. The van der Waals surface area contributed by atoms with Crippen LogP contribution in [0.2, 0.25) is 0 Å². The van der Waals surface area contributed by atoms with Gasteiger partial charge in [-0.25, -0.2) is 13.1 Å². The number of amides is 1. The van der Waals surface area contributed by atoms with Crippen LogP contribution >= 0.6 is 0 Å². The molecule has 0 spiro atoms. The lowest BCUT2D eigenvalue weighted by molar-refractivity contribution is -0.137. The van der Waals surface area contributed by atoms with Gasteiger partial charge in [-0.15, -0.1) is 0 Å². The predicted octanol–water partition coefficient (Wildman–Crippen LogP) is 3.18. The summed E-state index contributed by atoms with van der Waals surface area (Å²) in [5.74, 6) is -0.634. The molecular weight excluding hydrogens is 369 g/mol. The maximum Gasteiger partial charge on any atom is 0.416 e. The van der Waals surface area contributed by atoms with Crippen LogP contribution in [0, 0.1) is 0 Å². The first-order valence-electron chi connectivity index (χ1n) is 7.67. The number of carbonyl (C=O) groups excluding carboxylic acids is 1. The first kappa shape index (κ1) is 19.9. The van der Waals surface area contributed by atoms with Gasteiger partial charge in [0.2, 0.25) is 15.9 Å². The van der Waals surface area contributed by atoms with E-state index in [9.17, 15) is 26.4 Å². The summed E-state index contributed by atoms with van der Waals surface area (Å²) < 4.78 is 64.2. The van der Waals surface area contributed by atoms with Crippen LogP contribution in [0.5, 0.6) is 0 Å². The Labute approximate surface area is 149 Å². The van der Waals surface area contributed by atoms with Crippen molar-refractivity contribution in [3.05, 3.63) is 59.7 Å². The molecule has 0 saturated heterocycles. The highest BCUT2D eigenvalue weighted by molar-refractivity contribution is 7.89. The number of hydrogen-bond donors (Lipinski definition) is 2. The second-order valence-corrected chi connectivity index (χ2v) is 7.22. The van der Waals surface area contributed by atoms with E-state index in [2.05, 4.69) is 5.32 Å². The fraction of sp³-hybridized carbons (Fsp3) is 0.235. The summed E-state index contributed by atoms with van der Waals surface area (Å²) >= 11 is 0. The van der Waals surface area contributed by atoms with Gasteiger partial charge in [0.15, 0.2) is 0 Å². The van der Waals surface area contributed by atoms with E-state index in [1.54, 1.807) is 12.1 Å². The largest absolute Gasteiger partial charge is 0.416 e. The zero-order chi connectivity index (χ0) is 19.4. The van der Waals surface area contributed by atoms with Gasteiger partial charge < -0.3 is 5.32 Å². The smallest absolute Gasteiger partial charge is 0.325 e. The monoisotopic (exact) mass is 386 g/mol. The quantitative estimate of drug-likeness (QED) is 0.801. The van der Waals surface area contributed by atoms with Crippen molar-refractivity contribution in [3.63, 3.8) is 0 Å². The normalized spacial score (nSPS) is 12.0. The maximum absolute atomic E-state index is 12.7. The molecule has 140 valence electrons. The number of aryl methyl sites for hydroxylation is 1. The van der Waals surface area contributed by atoms with Gasteiger partial charge in [-0.1, -0.05) is 25.1 Å². The summed E-state index contributed by atoms with van der Waals surface area (Å²) in [5.41, 5.74) is 0.486. The molecular formula is C17H17F3N2O3S. The van der Waals surface area contributed by atoms with E-state index < -0.39 is 39.1 Å². The molecule has 9 heteroatoms. The Morgan fingerprint density at radius 3 is 2.31 bits per heavy atom. The second kappa shape index (κ2) is 7.88. The van der Waals surface area contributed by atoms with E-state index in [4.69, 9.17) is 0 Å². The van der Waals surface area contributed by atoms with Gasteiger partial charge in [0.1, 0.15) is 0 Å². The van der Waals surface area contributed by atoms with Crippen LogP contribution in [0.15, 0.2) is 53.4 Å². The Kier molecular flexibility index (Phi) is 6.04. The summed E-state index contributed by atoms with van der Waals surface area (Å²) in [7, 11) is -4.25. The third-order valence-corrected chi connectivity index (χ3v) is 4.94. The minimum atomic E-state index is -4.66. The highest BCUT2D eigenvalue weighted by atomic mass is 32.2. The number of anilines is 1. The Morgan fingerprint density at radius 1 is 1.08 bits per heavy atom. The van der Waals surface area contributed by atoms with Crippen LogP contribution in [0.25, 0.3) is 0 Å². The van der Waals surface area contributed by atoms with Crippen molar-refractivity contribution in [2.45, 2.75) is 24.4 Å². The van der Waals surface area contributed by atoms with Gasteiger partial charge in [-0.05, 0) is 42.3 Å². The summed E-state index contributed by atoms with van der Waals surface area (Å²) in [5, 5.41) is 2.51. The number of rotatable bonds is 6. The van der Waals surface area contributed by atoms with Crippen molar-refractivity contribution in [2.75, 3.05) is 11.9 Å². The van der Waals surface area contributed by atoms with Gasteiger partial charge in [-0.2, -0.15) is 13.2 Å². The van der Waals surface area contributed by atoms with Crippen molar-refractivity contribution < 1.29 is 26.4 Å². The Bertz CT molecular complexity index is 879. The molecule has 0 radical (unpaired) electrons. The average Bonchev–Trinajstić information content (AvgIpc) is 2.60. The van der Waals surface area contributed by atoms with Crippen LogP contribution in [-0.2, 0) is 27.4 Å². The molecule has 2 rings (SSSR count). The summed E-state index contributed by atoms with van der Waals surface area (Å²) in [6, 6.07) is 10.3. The van der Waals surface area contributed by atoms with Gasteiger partial charge in [-0.3, -0.25) is 4.79 Å². The highest BCUT2D eigenvalue weighted by Gasteiger charge is 2.31. The van der Waals surface area contributed by atoms with Crippen LogP contribution in [0.1, 0.15) is 18.1 Å². The average molecular weight is 386 g/mol. The summed E-state index contributed by atoms with van der Waals surface area (Å²) in [6.45, 7) is 1.38. The number of benzene rings is 2. The Balaban J connectivity index is 2.02. The molecule has 0 unspecified atom stereocenters. The topological polar surface area (TPSA) is 75.3 Å². The van der Waals surface area contributed by atoms with Crippen LogP contribution in [-0.4, -0.2) is 20.9 Å². The molecule has 0 atom stereocenters. The Hall–Kier alpha value is -2.39. The fourth-order valence-electron chi connectivity index (χ4n) is 2.11. The lowest BCUT2D eigenvalue weighted by Crippen LogP contribution is -2.33. The SMILES string of the molecule is CCc1ccc(NC(=O)CNS(=O)(=O)c2cccc(C(F)(F)F)c2)cc1. The molecule has 0 fully saturated rings. The van der Waals surface area contributed by atoms with Gasteiger partial charge in [0.25, 0.3) is 0 Å². The number of sulfonamides is 1. The molecule has 0 bridgehead atoms. The zero-order valence-corrected chi connectivity index (χ0v) is 14.6. The first-order chi connectivity index (χ1) is 12.1. The molecule has 5 nitrogen and oxygen atoms in total. The number of alkyl halides is 3. The lowest BCUT2D eigenvalue weighted by Gasteiger charge is -2.11. The van der Waals surface area contributed by atoms with E-state index in [1.807, 2.05) is 23.8 Å². The standard InChI is InChI=1S/C17H17F3N2O3S/c1-2-12-6-8-14(9-7-12)22-16(23)11-21-26(24,25)15-5-3-4-13(10-15)17(18,19)20/h3-10,21H,2,11H2,1H3,(H,22,23). The summed E-state index contributed by atoms with van der Waals surface area (Å²) in [4.78, 5) is 11.3. The van der Waals surface area contributed by atoms with Crippen molar-refractivity contribution in [1.82, 2.24) is 4.72 Å².